The first-order valence-corrected chi connectivity index (χ1v) is 8.51. The van der Waals surface area contributed by atoms with E-state index in [1.165, 1.54) is 0 Å². The topological polar surface area (TPSA) is 39.2 Å². The maximum absolute atomic E-state index is 12.8. The second kappa shape index (κ2) is 6.98. The second-order valence-electron chi connectivity index (χ2n) is 5.78. The molecule has 0 spiro atoms. The van der Waals surface area contributed by atoms with Gasteiger partial charge in [-0.05, 0) is 36.4 Å². The van der Waals surface area contributed by atoms with Crippen LogP contribution in [0.4, 0.5) is 0 Å². The predicted octanol–water partition coefficient (Wildman–Crippen LogP) is 5.77. The lowest BCUT2D eigenvalue weighted by molar-refractivity contribution is 0.0737. The van der Waals surface area contributed by atoms with E-state index in [1.807, 2.05) is 54.6 Å². The van der Waals surface area contributed by atoms with Crippen molar-refractivity contribution in [3.63, 3.8) is 0 Å². The van der Waals surface area contributed by atoms with Crippen LogP contribution in [0.3, 0.4) is 0 Å². The summed E-state index contributed by atoms with van der Waals surface area (Å²) in [6, 6.07) is 25.7. The van der Waals surface area contributed by atoms with Crippen molar-refractivity contribution < 1.29 is 9.53 Å². The molecule has 0 fully saturated rings. The largest absolute Gasteiger partial charge is 0.423 e. The van der Waals surface area contributed by atoms with Crippen LogP contribution in [0, 0.1) is 0 Å². The number of benzene rings is 3. The molecule has 4 heteroatoms. The van der Waals surface area contributed by atoms with E-state index in [-0.39, 0.29) is 0 Å². The average molecular weight is 360 g/mol. The lowest BCUT2D eigenvalue weighted by Gasteiger charge is -2.10. The SMILES string of the molecule is O=C(Oc1ccccc1)c1cc(-c2ccc(Cl)cc2)nc2ccccc12. The van der Waals surface area contributed by atoms with Gasteiger partial charge in [-0.25, -0.2) is 9.78 Å². The Bertz CT molecular complexity index is 1080. The lowest BCUT2D eigenvalue weighted by atomic mass is 10.0. The van der Waals surface area contributed by atoms with Crippen LogP contribution in [0.1, 0.15) is 10.4 Å². The van der Waals surface area contributed by atoms with Crippen LogP contribution in [0.25, 0.3) is 22.2 Å². The smallest absolute Gasteiger partial charge is 0.344 e. The normalized spacial score (nSPS) is 10.7. The summed E-state index contributed by atoms with van der Waals surface area (Å²) in [6.45, 7) is 0. The Morgan fingerprint density at radius 3 is 2.31 bits per heavy atom. The lowest BCUT2D eigenvalue weighted by Crippen LogP contribution is -2.10. The van der Waals surface area contributed by atoms with Crippen LogP contribution < -0.4 is 4.74 Å². The maximum atomic E-state index is 12.8. The Hall–Kier alpha value is -3.17. The molecular weight excluding hydrogens is 346 g/mol. The second-order valence-corrected chi connectivity index (χ2v) is 6.22. The first kappa shape index (κ1) is 16.3. The van der Waals surface area contributed by atoms with Crippen LogP contribution in [-0.4, -0.2) is 11.0 Å². The molecule has 4 aromatic rings. The third-order valence-corrected chi connectivity index (χ3v) is 4.28. The highest BCUT2D eigenvalue weighted by Crippen LogP contribution is 2.27. The summed E-state index contributed by atoms with van der Waals surface area (Å²) in [5, 5.41) is 1.41. The van der Waals surface area contributed by atoms with Gasteiger partial charge < -0.3 is 4.74 Å². The third kappa shape index (κ3) is 3.30. The van der Waals surface area contributed by atoms with Crippen molar-refractivity contribution in [2.45, 2.75) is 0 Å². The van der Waals surface area contributed by atoms with Gasteiger partial charge in [-0.15, -0.1) is 0 Å². The minimum absolute atomic E-state index is 0.412. The molecule has 0 N–H and O–H groups in total. The number of halogens is 1. The quantitative estimate of drug-likeness (QED) is 0.344. The zero-order valence-corrected chi connectivity index (χ0v) is 14.5. The number of hydrogen-bond acceptors (Lipinski definition) is 3. The number of hydrogen-bond donors (Lipinski definition) is 0. The van der Waals surface area contributed by atoms with Gasteiger partial charge in [-0.2, -0.15) is 0 Å². The Kier molecular flexibility index (Phi) is 4.38. The van der Waals surface area contributed by atoms with E-state index in [0.717, 1.165) is 16.5 Å². The van der Waals surface area contributed by atoms with Crippen molar-refractivity contribution in [1.82, 2.24) is 4.98 Å². The Morgan fingerprint density at radius 1 is 0.846 bits per heavy atom. The molecule has 0 bridgehead atoms. The van der Waals surface area contributed by atoms with E-state index >= 15 is 0 Å². The average Bonchev–Trinajstić information content (AvgIpc) is 2.68. The number of nitrogens with zero attached hydrogens (tertiary/aromatic N) is 1. The number of carbonyl (C=O) groups is 1. The van der Waals surface area contributed by atoms with Crippen molar-refractivity contribution >= 4 is 28.5 Å². The summed E-state index contributed by atoms with van der Waals surface area (Å²) in [4.78, 5) is 17.5. The van der Waals surface area contributed by atoms with Crippen LogP contribution in [0.15, 0.2) is 84.9 Å². The minimum atomic E-state index is -0.412. The van der Waals surface area contributed by atoms with E-state index in [1.54, 1.807) is 30.3 Å². The van der Waals surface area contributed by atoms with Crippen molar-refractivity contribution in [3.05, 3.63) is 95.5 Å². The summed E-state index contributed by atoms with van der Waals surface area (Å²) < 4.78 is 5.53. The molecule has 0 unspecified atom stereocenters. The summed E-state index contributed by atoms with van der Waals surface area (Å²) in [5.74, 6) is 0.0939. The molecule has 4 rings (SSSR count). The highest BCUT2D eigenvalue weighted by molar-refractivity contribution is 6.30. The fourth-order valence-corrected chi connectivity index (χ4v) is 2.89. The number of para-hydroxylation sites is 2. The molecular formula is C22H14ClNO2. The molecule has 0 aliphatic heterocycles. The molecule has 0 aliphatic rings. The number of carbonyl (C=O) groups excluding carboxylic acids is 1. The van der Waals surface area contributed by atoms with Crippen LogP contribution in [0.2, 0.25) is 5.02 Å². The molecule has 1 heterocycles. The molecule has 0 radical (unpaired) electrons. The summed E-state index contributed by atoms with van der Waals surface area (Å²) in [6.07, 6.45) is 0. The van der Waals surface area contributed by atoms with Gasteiger partial charge in [-0.1, -0.05) is 60.1 Å². The van der Waals surface area contributed by atoms with Gasteiger partial charge in [0.2, 0.25) is 0 Å². The fourth-order valence-electron chi connectivity index (χ4n) is 2.76. The number of esters is 1. The molecule has 0 saturated carbocycles. The minimum Gasteiger partial charge on any atom is -0.423 e. The fraction of sp³-hybridized carbons (Fsp3) is 0. The summed E-state index contributed by atoms with van der Waals surface area (Å²) >= 11 is 5.97. The molecule has 1 aromatic heterocycles. The molecule has 3 aromatic carbocycles. The Labute approximate surface area is 155 Å². The molecule has 126 valence electrons. The standard InChI is InChI=1S/C22H14ClNO2/c23-16-12-10-15(11-13-16)21-14-19(18-8-4-5-9-20(18)24-21)22(25)26-17-6-2-1-3-7-17/h1-14H. The van der Waals surface area contributed by atoms with Crippen LogP contribution in [0.5, 0.6) is 5.75 Å². The summed E-state index contributed by atoms with van der Waals surface area (Å²) in [5.41, 5.74) is 2.79. The molecule has 26 heavy (non-hydrogen) atoms. The van der Waals surface area contributed by atoms with Crippen molar-refractivity contribution in [2.24, 2.45) is 0 Å². The zero-order valence-electron chi connectivity index (χ0n) is 13.7. The third-order valence-electron chi connectivity index (χ3n) is 4.03. The first-order valence-electron chi connectivity index (χ1n) is 8.14. The van der Waals surface area contributed by atoms with Gasteiger partial charge >= 0.3 is 5.97 Å². The number of rotatable bonds is 3. The van der Waals surface area contributed by atoms with E-state index in [9.17, 15) is 4.79 Å². The zero-order chi connectivity index (χ0) is 17.9. The highest BCUT2D eigenvalue weighted by Gasteiger charge is 2.16. The molecule has 3 nitrogen and oxygen atoms in total. The monoisotopic (exact) mass is 359 g/mol. The number of pyridine rings is 1. The van der Waals surface area contributed by atoms with Gasteiger partial charge in [-0.3, -0.25) is 0 Å². The summed E-state index contributed by atoms with van der Waals surface area (Å²) in [7, 11) is 0. The van der Waals surface area contributed by atoms with Crippen LogP contribution >= 0.6 is 11.6 Å². The highest BCUT2D eigenvalue weighted by atomic mass is 35.5. The van der Waals surface area contributed by atoms with E-state index < -0.39 is 5.97 Å². The Balaban J connectivity index is 1.82. The van der Waals surface area contributed by atoms with E-state index in [4.69, 9.17) is 16.3 Å². The first-order chi connectivity index (χ1) is 12.7. The molecule has 0 saturated heterocycles. The number of ether oxygens (including phenoxy) is 1. The van der Waals surface area contributed by atoms with Crippen LogP contribution in [-0.2, 0) is 0 Å². The molecule has 0 aliphatic carbocycles. The number of aromatic nitrogens is 1. The van der Waals surface area contributed by atoms with Gasteiger partial charge in [0.25, 0.3) is 0 Å². The maximum Gasteiger partial charge on any atom is 0.344 e. The molecule has 0 atom stereocenters. The van der Waals surface area contributed by atoms with Crippen molar-refractivity contribution in [1.29, 1.82) is 0 Å². The van der Waals surface area contributed by atoms with E-state index in [2.05, 4.69) is 4.98 Å². The van der Waals surface area contributed by atoms with Gasteiger partial charge in [0.1, 0.15) is 5.75 Å². The van der Waals surface area contributed by atoms with Crippen molar-refractivity contribution in [2.75, 3.05) is 0 Å². The van der Waals surface area contributed by atoms with Gasteiger partial charge in [0.05, 0.1) is 16.8 Å². The predicted molar refractivity (Wildman–Crippen MR) is 104 cm³/mol. The van der Waals surface area contributed by atoms with Gasteiger partial charge in [0.15, 0.2) is 0 Å². The Morgan fingerprint density at radius 2 is 1.54 bits per heavy atom. The molecule has 0 amide bonds. The number of fused-ring (bicyclic) bond motifs is 1. The van der Waals surface area contributed by atoms with Gasteiger partial charge in [0, 0.05) is 16.0 Å². The van der Waals surface area contributed by atoms with Crippen molar-refractivity contribution in [3.8, 4) is 17.0 Å². The van der Waals surface area contributed by atoms with E-state index in [0.29, 0.717) is 22.0 Å².